The Balaban J connectivity index is 1.60. The van der Waals surface area contributed by atoms with Gasteiger partial charge in [0.2, 0.25) is 0 Å². The summed E-state index contributed by atoms with van der Waals surface area (Å²) in [7, 11) is 0. The third-order valence-electron chi connectivity index (χ3n) is 3.48. The zero-order chi connectivity index (χ0) is 16.8. The van der Waals surface area contributed by atoms with E-state index in [0.717, 1.165) is 11.3 Å². The van der Waals surface area contributed by atoms with E-state index in [4.69, 9.17) is 0 Å². The molecule has 1 amide bonds. The van der Waals surface area contributed by atoms with Crippen LogP contribution in [0.1, 0.15) is 15.9 Å². The molecule has 24 heavy (non-hydrogen) atoms. The molecule has 120 valence electrons. The zero-order valence-electron chi connectivity index (χ0n) is 12.9. The summed E-state index contributed by atoms with van der Waals surface area (Å²) in [5, 5.41) is 5.95. The number of hydrogen-bond donors (Lipinski definition) is 2. The van der Waals surface area contributed by atoms with Crippen LogP contribution in [0.2, 0.25) is 0 Å². The van der Waals surface area contributed by atoms with E-state index in [-0.39, 0.29) is 5.56 Å². The number of rotatable bonds is 5. The highest BCUT2D eigenvalue weighted by molar-refractivity contribution is 6.04. The predicted octanol–water partition coefficient (Wildman–Crippen LogP) is 4.09. The Kier molecular flexibility index (Phi) is 4.81. The molecular formula is C19H16FN3O. The normalized spacial score (nSPS) is 10.2. The van der Waals surface area contributed by atoms with Crippen molar-refractivity contribution in [2.24, 2.45) is 0 Å². The number of nitrogens with one attached hydrogen (secondary N) is 2. The molecule has 1 aromatic heterocycles. The van der Waals surface area contributed by atoms with Crippen molar-refractivity contribution in [3.8, 4) is 0 Å². The van der Waals surface area contributed by atoms with Crippen LogP contribution in [0.15, 0.2) is 73.1 Å². The van der Waals surface area contributed by atoms with Crippen molar-refractivity contribution in [2.75, 3.05) is 10.6 Å². The van der Waals surface area contributed by atoms with Gasteiger partial charge in [-0.1, -0.05) is 18.2 Å². The van der Waals surface area contributed by atoms with Gasteiger partial charge in [-0.25, -0.2) is 4.39 Å². The monoisotopic (exact) mass is 321 g/mol. The molecule has 0 spiro atoms. The lowest BCUT2D eigenvalue weighted by molar-refractivity contribution is 0.102. The Hall–Kier alpha value is -3.21. The first kappa shape index (κ1) is 15.7. The molecular weight excluding hydrogens is 305 g/mol. The van der Waals surface area contributed by atoms with Crippen LogP contribution in [0.3, 0.4) is 0 Å². The van der Waals surface area contributed by atoms with Gasteiger partial charge in [0.15, 0.2) is 0 Å². The highest BCUT2D eigenvalue weighted by Gasteiger charge is 2.10. The van der Waals surface area contributed by atoms with Crippen molar-refractivity contribution < 1.29 is 9.18 Å². The van der Waals surface area contributed by atoms with Gasteiger partial charge in [-0.2, -0.15) is 0 Å². The summed E-state index contributed by atoms with van der Waals surface area (Å²) in [5.74, 6) is -1.01. The summed E-state index contributed by atoms with van der Waals surface area (Å²) in [6.07, 6.45) is 3.53. The minimum atomic E-state index is -0.537. The Morgan fingerprint density at radius 1 is 0.958 bits per heavy atom. The molecule has 0 aliphatic carbocycles. The van der Waals surface area contributed by atoms with Gasteiger partial charge in [-0.3, -0.25) is 9.78 Å². The average Bonchev–Trinajstić information content (AvgIpc) is 2.62. The highest BCUT2D eigenvalue weighted by Crippen LogP contribution is 2.16. The van der Waals surface area contributed by atoms with E-state index in [9.17, 15) is 9.18 Å². The van der Waals surface area contributed by atoms with Crippen molar-refractivity contribution >= 4 is 17.3 Å². The van der Waals surface area contributed by atoms with Gasteiger partial charge in [0.05, 0.1) is 5.56 Å². The molecule has 3 aromatic rings. The van der Waals surface area contributed by atoms with E-state index in [1.54, 1.807) is 36.7 Å². The smallest absolute Gasteiger partial charge is 0.258 e. The number of pyridine rings is 1. The van der Waals surface area contributed by atoms with E-state index < -0.39 is 11.7 Å². The highest BCUT2D eigenvalue weighted by atomic mass is 19.1. The van der Waals surface area contributed by atoms with Gasteiger partial charge in [0, 0.05) is 30.3 Å². The molecule has 0 atom stereocenters. The molecule has 0 saturated heterocycles. The molecule has 0 aliphatic heterocycles. The second-order valence-corrected chi connectivity index (χ2v) is 5.23. The van der Waals surface area contributed by atoms with Crippen LogP contribution in [0.25, 0.3) is 0 Å². The number of carbonyl (C=O) groups is 1. The van der Waals surface area contributed by atoms with Gasteiger partial charge in [-0.15, -0.1) is 0 Å². The fourth-order valence-corrected chi connectivity index (χ4v) is 2.22. The Morgan fingerprint density at radius 3 is 2.42 bits per heavy atom. The first-order valence-electron chi connectivity index (χ1n) is 7.51. The third-order valence-corrected chi connectivity index (χ3v) is 3.48. The fraction of sp³-hybridized carbons (Fsp3) is 0.0526. The number of halogens is 1. The lowest BCUT2D eigenvalue weighted by Gasteiger charge is -2.09. The minimum Gasteiger partial charge on any atom is -0.381 e. The molecule has 1 heterocycles. The zero-order valence-corrected chi connectivity index (χ0v) is 12.9. The average molecular weight is 321 g/mol. The van der Waals surface area contributed by atoms with Gasteiger partial charge < -0.3 is 10.6 Å². The molecule has 0 bridgehead atoms. The number of anilines is 2. The first-order chi connectivity index (χ1) is 11.7. The third kappa shape index (κ3) is 3.95. The van der Waals surface area contributed by atoms with Crippen LogP contribution in [0, 0.1) is 5.82 Å². The number of amides is 1. The van der Waals surface area contributed by atoms with Crippen LogP contribution in [0.5, 0.6) is 0 Å². The molecule has 2 N–H and O–H groups in total. The van der Waals surface area contributed by atoms with Crippen molar-refractivity contribution in [3.63, 3.8) is 0 Å². The van der Waals surface area contributed by atoms with Crippen LogP contribution < -0.4 is 10.6 Å². The SMILES string of the molecule is O=C(Nc1ccc(NCc2cccnc2)cc1)c1ccccc1F. The van der Waals surface area contributed by atoms with Crippen molar-refractivity contribution in [1.82, 2.24) is 4.98 Å². The maximum Gasteiger partial charge on any atom is 0.258 e. The van der Waals surface area contributed by atoms with Gasteiger partial charge in [-0.05, 0) is 48.0 Å². The molecule has 5 heteroatoms. The van der Waals surface area contributed by atoms with E-state index in [0.29, 0.717) is 12.2 Å². The lowest BCUT2D eigenvalue weighted by Crippen LogP contribution is -2.13. The lowest BCUT2D eigenvalue weighted by atomic mass is 10.2. The van der Waals surface area contributed by atoms with E-state index in [1.807, 2.05) is 24.3 Å². The van der Waals surface area contributed by atoms with Crippen LogP contribution in [0.4, 0.5) is 15.8 Å². The maximum atomic E-state index is 13.6. The largest absolute Gasteiger partial charge is 0.381 e. The molecule has 0 aliphatic rings. The van der Waals surface area contributed by atoms with E-state index in [1.165, 1.54) is 12.1 Å². The van der Waals surface area contributed by atoms with Gasteiger partial charge >= 0.3 is 0 Å². The Morgan fingerprint density at radius 2 is 1.71 bits per heavy atom. The molecule has 0 saturated carbocycles. The fourth-order valence-electron chi connectivity index (χ4n) is 2.22. The molecule has 4 nitrogen and oxygen atoms in total. The van der Waals surface area contributed by atoms with E-state index >= 15 is 0 Å². The standard InChI is InChI=1S/C19H16FN3O/c20-18-6-2-1-5-17(18)19(24)23-16-9-7-15(8-10-16)22-13-14-4-3-11-21-12-14/h1-12,22H,13H2,(H,23,24). The van der Waals surface area contributed by atoms with Crippen molar-refractivity contribution in [1.29, 1.82) is 0 Å². The summed E-state index contributed by atoms with van der Waals surface area (Å²) < 4.78 is 13.6. The summed E-state index contributed by atoms with van der Waals surface area (Å²) in [6, 6.07) is 17.0. The number of aromatic nitrogens is 1. The van der Waals surface area contributed by atoms with E-state index in [2.05, 4.69) is 15.6 Å². The molecule has 0 fully saturated rings. The minimum absolute atomic E-state index is 0.0243. The second kappa shape index (κ2) is 7.37. The predicted molar refractivity (Wildman–Crippen MR) is 92.4 cm³/mol. The first-order valence-corrected chi connectivity index (χ1v) is 7.51. The Bertz CT molecular complexity index is 820. The van der Waals surface area contributed by atoms with Gasteiger partial charge in [0.25, 0.3) is 5.91 Å². The topological polar surface area (TPSA) is 54.0 Å². The van der Waals surface area contributed by atoms with Crippen LogP contribution >= 0.6 is 0 Å². The van der Waals surface area contributed by atoms with Crippen molar-refractivity contribution in [3.05, 3.63) is 90.0 Å². The number of hydrogen-bond acceptors (Lipinski definition) is 3. The number of nitrogens with zero attached hydrogens (tertiary/aromatic N) is 1. The summed E-state index contributed by atoms with van der Waals surface area (Å²) in [6.45, 7) is 0.661. The summed E-state index contributed by atoms with van der Waals surface area (Å²) in [4.78, 5) is 16.1. The maximum absolute atomic E-state index is 13.6. The summed E-state index contributed by atoms with van der Waals surface area (Å²) in [5.41, 5.74) is 2.63. The van der Waals surface area contributed by atoms with Crippen LogP contribution in [-0.4, -0.2) is 10.9 Å². The molecule has 0 radical (unpaired) electrons. The molecule has 0 unspecified atom stereocenters. The second-order valence-electron chi connectivity index (χ2n) is 5.23. The van der Waals surface area contributed by atoms with Gasteiger partial charge in [0.1, 0.15) is 5.82 Å². The molecule has 3 rings (SSSR count). The quantitative estimate of drug-likeness (QED) is 0.744. The Labute approximate surface area is 139 Å². The number of carbonyl (C=O) groups excluding carboxylic acids is 1. The van der Waals surface area contributed by atoms with Crippen LogP contribution in [-0.2, 0) is 6.54 Å². The number of benzene rings is 2. The molecule has 2 aromatic carbocycles. The summed E-state index contributed by atoms with van der Waals surface area (Å²) >= 11 is 0. The van der Waals surface area contributed by atoms with Crippen molar-refractivity contribution in [2.45, 2.75) is 6.54 Å².